The molecule has 42 heavy (non-hydrogen) atoms. The van der Waals surface area contributed by atoms with Gasteiger partial charge in [-0.3, -0.25) is 14.7 Å². The molecule has 3 aliphatic rings. The van der Waals surface area contributed by atoms with Gasteiger partial charge in [0.15, 0.2) is 16.7 Å². The van der Waals surface area contributed by atoms with Crippen molar-refractivity contribution in [2.24, 2.45) is 4.99 Å². The number of benzene rings is 3. The molecule has 3 aromatic carbocycles. The number of hydrogen-bond acceptors (Lipinski definition) is 5. The maximum absolute atomic E-state index is 13.9. The van der Waals surface area contributed by atoms with Crippen LogP contribution in [0.4, 0.5) is 0 Å². The second-order valence-corrected chi connectivity index (χ2v) is 12.9. The number of aliphatic imine (C=N–C) groups is 1. The van der Waals surface area contributed by atoms with Crippen molar-refractivity contribution < 1.29 is 14.3 Å². The average molecular weight is 603 g/mol. The predicted octanol–water partition coefficient (Wildman–Crippen LogP) is 9.41. The van der Waals surface area contributed by atoms with E-state index in [1.165, 1.54) is 55.7 Å². The van der Waals surface area contributed by atoms with Crippen LogP contribution in [0.15, 0.2) is 64.5 Å². The Kier molecular flexibility index (Phi) is 9.40. The summed E-state index contributed by atoms with van der Waals surface area (Å²) in [6.07, 6.45) is 13.6. The number of thioether (sulfide) groups is 1. The van der Waals surface area contributed by atoms with E-state index in [0.29, 0.717) is 40.7 Å². The van der Waals surface area contributed by atoms with Gasteiger partial charge in [0.1, 0.15) is 6.61 Å². The van der Waals surface area contributed by atoms with E-state index in [-0.39, 0.29) is 11.9 Å². The number of rotatable bonds is 8. The standard InChI is InChI=1S/C35H39ClN2O3S/c1-2-40-31-21-24(20-30(36)33(31)41-23-26-14-11-13-25-12-9-10-19-29(25)26)22-32-34(39)38(28-17-7-4-8-18-28)35(42-32)37-27-15-5-3-6-16-27/h9-14,19-22,27-28H,2-8,15-18,23H2,1H3. The molecule has 5 nitrogen and oxygen atoms in total. The third-order valence-electron chi connectivity index (χ3n) is 8.53. The van der Waals surface area contributed by atoms with Crippen LogP contribution in [0.1, 0.15) is 82.3 Å². The number of fused-ring (bicyclic) bond motifs is 1. The van der Waals surface area contributed by atoms with E-state index < -0.39 is 0 Å². The molecule has 0 spiro atoms. The Balaban J connectivity index is 1.27. The molecule has 3 aromatic rings. The zero-order valence-corrected chi connectivity index (χ0v) is 25.9. The number of carbonyl (C=O) groups excluding carboxylic acids is 1. The topological polar surface area (TPSA) is 51.1 Å². The van der Waals surface area contributed by atoms with Crippen LogP contribution in [0.2, 0.25) is 5.02 Å². The molecule has 0 aromatic heterocycles. The molecule has 0 unspecified atom stereocenters. The van der Waals surface area contributed by atoms with E-state index in [1.54, 1.807) is 0 Å². The van der Waals surface area contributed by atoms with Crippen molar-refractivity contribution in [2.75, 3.05) is 6.61 Å². The zero-order chi connectivity index (χ0) is 28.9. The molecule has 6 rings (SSSR count). The van der Waals surface area contributed by atoms with Gasteiger partial charge in [-0.2, -0.15) is 0 Å². The summed E-state index contributed by atoms with van der Waals surface area (Å²) in [6, 6.07) is 18.8. The first-order valence-corrected chi connectivity index (χ1v) is 16.7. The van der Waals surface area contributed by atoms with E-state index in [0.717, 1.165) is 47.4 Å². The van der Waals surface area contributed by atoms with E-state index in [9.17, 15) is 4.79 Å². The minimum atomic E-state index is 0.0619. The highest BCUT2D eigenvalue weighted by Gasteiger charge is 2.39. The molecule has 0 atom stereocenters. The highest BCUT2D eigenvalue weighted by atomic mass is 35.5. The van der Waals surface area contributed by atoms with Crippen molar-refractivity contribution in [1.29, 1.82) is 0 Å². The van der Waals surface area contributed by atoms with Gasteiger partial charge in [0.25, 0.3) is 5.91 Å². The smallest absolute Gasteiger partial charge is 0.266 e. The van der Waals surface area contributed by atoms with E-state index in [2.05, 4.69) is 24.3 Å². The number of amidine groups is 1. The molecule has 2 saturated carbocycles. The van der Waals surface area contributed by atoms with Crippen LogP contribution < -0.4 is 9.47 Å². The summed E-state index contributed by atoms with van der Waals surface area (Å²) < 4.78 is 12.3. The third-order valence-corrected chi connectivity index (χ3v) is 9.80. The van der Waals surface area contributed by atoms with Crippen molar-refractivity contribution in [3.8, 4) is 11.5 Å². The fourth-order valence-corrected chi connectivity index (χ4v) is 7.78. The van der Waals surface area contributed by atoms with Crippen LogP contribution in [0, 0.1) is 0 Å². The van der Waals surface area contributed by atoms with Gasteiger partial charge < -0.3 is 9.47 Å². The maximum Gasteiger partial charge on any atom is 0.266 e. The fourth-order valence-electron chi connectivity index (χ4n) is 6.40. The minimum Gasteiger partial charge on any atom is -0.490 e. The second-order valence-electron chi connectivity index (χ2n) is 11.5. The number of halogens is 1. The van der Waals surface area contributed by atoms with Gasteiger partial charge in [-0.15, -0.1) is 0 Å². The third kappa shape index (κ3) is 6.50. The van der Waals surface area contributed by atoms with Gasteiger partial charge in [-0.1, -0.05) is 92.6 Å². The summed E-state index contributed by atoms with van der Waals surface area (Å²) in [7, 11) is 0. The number of ether oxygens (including phenoxy) is 2. The molecule has 220 valence electrons. The highest BCUT2D eigenvalue weighted by Crippen LogP contribution is 2.41. The Morgan fingerprint density at radius 1 is 0.952 bits per heavy atom. The van der Waals surface area contributed by atoms with Gasteiger partial charge in [0, 0.05) is 6.04 Å². The van der Waals surface area contributed by atoms with Crippen molar-refractivity contribution in [3.05, 3.63) is 75.7 Å². The molecule has 2 aliphatic carbocycles. The summed E-state index contributed by atoms with van der Waals surface area (Å²) in [4.78, 5) is 21.7. The Morgan fingerprint density at radius 3 is 2.48 bits per heavy atom. The fraction of sp³-hybridized carbons (Fsp3) is 0.429. The van der Waals surface area contributed by atoms with Crippen molar-refractivity contribution >= 4 is 51.3 Å². The monoisotopic (exact) mass is 602 g/mol. The molecule has 0 N–H and O–H groups in total. The van der Waals surface area contributed by atoms with E-state index in [4.69, 9.17) is 26.1 Å². The maximum atomic E-state index is 13.9. The van der Waals surface area contributed by atoms with Crippen molar-refractivity contribution in [2.45, 2.75) is 89.8 Å². The van der Waals surface area contributed by atoms with Gasteiger partial charge in [0.05, 0.1) is 22.6 Å². The number of carbonyl (C=O) groups is 1. The lowest BCUT2D eigenvalue weighted by Crippen LogP contribution is -2.41. The first-order valence-electron chi connectivity index (χ1n) is 15.5. The largest absolute Gasteiger partial charge is 0.490 e. The van der Waals surface area contributed by atoms with Crippen molar-refractivity contribution in [1.82, 2.24) is 4.90 Å². The quantitative estimate of drug-likeness (QED) is 0.241. The molecule has 3 fully saturated rings. The van der Waals surface area contributed by atoms with E-state index >= 15 is 0 Å². The molecule has 7 heteroatoms. The molecule has 1 amide bonds. The Bertz CT molecular complexity index is 1490. The summed E-state index contributed by atoms with van der Waals surface area (Å²) in [5.41, 5.74) is 1.90. The number of amides is 1. The van der Waals surface area contributed by atoms with Gasteiger partial charge in [-0.25, -0.2) is 0 Å². The van der Waals surface area contributed by atoms with Gasteiger partial charge >= 0.3 is 0 Å². The molecule has 1 saturated heterocycles. The Hall–Kier alpha value is -2.96. The molecule has 1 heterocycles. The van der Waals surface area contributed by atoms with Crippen LogP contribution in [-0.4, -0.2) is 34.7 Å². The van der Waals surface area contributed by atoms with Crippen LogP contribution in [0.5, 0.6) is 11.5 Å². The summed E-state index contributed by atoms with van der Waals surface area (Å²) in [6.45, 7) is 2.79. The van der Waals surface area contributed by atoms with Crippen LogP contribution in [-0.2, 0) is 11.4 Å². The van der Waals surface area contributed by atoms with Gasteiger partial charge in [-0.05, 0) is 84.5 Å². The SMILES string of the molecule is CCOc1cc(C=C2SC(=NC3CCCCC3)N(C3CCCCC3)C2=O)cc(Cl)c1OCc1cccc2ccccc12. The lowest BCUT2D eigenvalue weighted by molar-refractivity contribution is -0.124. The van der Waals surface area contributed by atoms with Gasteiger partial charge in [0.2, 0.25) is 0 Å². The average Bonchev–Trinajstić information content (AvgIpc) is 3.31. The normalized spacial score (nSPS) is 20.6. The molecular weight excluding hydrogens is 564 g/mol. The molecule has 0 bridgehead atoms. The second kappa shape index (κ2) is 13.6. The first-order chi connectivity index (χ1) is 20.6. The van der Waals surface area contributed by atoms with Crippen molar-refractivity contribution in [3.63, 3.8) is 0 Å². The summed E-state index contributed by atoms with van der Waals surface area (Å²) >= 11 is 8.34. The van der Waals surface area contributed by atoms with Crippen LogP contribution in [0.25, 0.3) is 16.8 Å². The lowest BCUT2D eigenvalue weighted by atomic mass is 9.94. The number of nitrogens with zero attached hydrogens (tertiary/aromatic N) is 2. The predicted molar refractivity (Wildman–Crippen MR) is 174 cm³/mol. The lowest BCUT2D eigenvalue weighted by Gasteiger charge is -2.31. The highest BCUT2D eigenvalue weighted by molar-refractivity contribution is 8.18. The van der Waals surface area contributed by atoms with E-state index in [1.807, 2.05) is 48.2 Å². The first kappa shape index (κ1) is 29.1. The van der Waals surface area contributed by atoms with Crippen LogP contribution in [0.3, 0.4) is 0 Å². The van der Waals surface area contributed by atoms with Crippen LogP contribution >= 0.6 is 23.4 Å². The number of hydrogen-bond donors (Lipinski definition) is 0. The molecule has 1 aliphatic heterocycles. The molecular formula is C35H39ClN2O3S. The Labute approximate surface area is 258 Å². The summed E-state index contributed by atoms with van der Waals surface area (Å²) in [5, 5.41) is 3.67. The molecule has 0 radical (unpaired) electrons. The summed E-state index contributed by atoms with van der Waals surface area (Å²) in [5.74, 6) is 1.15. The minimum absolute atomic E-state index is 0.0619. The Morgan fingerprint density at radius 2 is 1.69 bits per heavy atom. The zero-order valence-electron chi connectivity index (χ0n) is 24.3.